The van der Waals surface area contributed by atoms with Crippen molar-refractivity contribution in [2.45, 2.75) is 26.3 Å². The van der Waals surface area contributed by atoms with Crippen LogP contribution in [0.5, 0.6) is 0 Å². The molecule has 2 amide bonds. The van der Waals surface area contributed by atoms with E-state index in [1.165, 1.54) is 0 Å². The fourth-order valence-electron chi connectivity index (χ4n) is 2.00. The zero-order valence-electron chi connectivity index (χ0n) is 13.5. The van der Waals surface area contributed by atoms with Crippen molar-refractivity contribution in [1.29, 1.82) is 0 Å². The Kier molecular flexibility index (Phi) is 6.55. The van der Waals surface area contributed by atoms with Crippen LogP contribution in [0.2, 0.25) is 0 Å². The van der Waals surface area contributed by atoms with Crippen LogP contribution in [0, 0.1) is 5.92 Å². The van der Waals surface area contributed by atoms with Gasteiger partial charge in [-0.2, -0.15) is 0 Å². The van der Waals surface area contributed by atoms with Crippen LogP contribution in [0.15, 0.2) is 35.7 Å². The van der Waals surface area contributed by atoms with Crippen LogP contribution in [0.1, 0.15) is 19.5 Å². The highest BCUT2D eigenvalue weighted by molar-refractivity contribution is 7.13. The predicted molar refractivity (Wildman–Crippen MR) is 93.5 cm³/mol. The van der Waals surface area contributed by atoms with Crippen molar-refractivity contribution in [3.8, 4) is 10.6 Å². The van der Waals surface area contributed by atoms with E-state index >= 15 is 0 Å². The van der Waals surface area contributed by atoms with Gasteiger partial charge in [0.1, 0.15) is 5.01 Å². The van der Waals surface area contributed by atoms with E-state index in [0.29, 0.717) is 13.0 Å². The van der Waals surface area contributed by atoms with Gasteiger partial charge in [-0.15, -0.1) is 11.3 Å². The molecule has 0 saturated heterocycles. The van der Waals surface area contributed by atoms with E-state index in [2.05, 4.69) is 15.6 Å². The first kappa shape index (κ1) is 17.4. The second-order valence-electron chi connectivity index (χ2n) is 5.61. The number of nitrogens with zero attached hydrogens (tertiary/aromatic N) is 1. The van der Waals surface area contributed by atoms with Gasteiger partial charge in [-0.05, 0) is 12.8 Å². The smallest absolute Gasteiger partial charge is 0.315 e. The first-order chi connectivity index (χ1) is 11.1. The van der Waals surface area contributed by atoms with Gasteiger partial charge in [0, 0.05) is 36.6 Å². The SMILES string of the molecule is CC(CO)C(C)NC(=O)NCCc1csc(-c2ccccc2)n1. The van der Waals surface area contributed by atoms with Gasteiger partial charge in [-0.1, -0.05) is 37.3 Å². The van der Waals surface area contributed by atoms with E-state index in [0.717, 1.165) is 16.3 Å². The minimum absolute atomic E-state index is 0.0349. The molecule has 1 aromatic heterocycles. The number of amides is 2. The maximum atomic E-state index is 11.8. The van der Waals surface area contributed by atoms with Crippen LogP contribution >= 0.6 is 11.3 Å². The van der Waals surface area contributed by atoms with Crippen molar-refractivity contribution in [3.05, 3.63) is 41.4 Å². The molecule has 3 N–H and O–H groups in total. The third-order valence-corrected chi connectivity index (χ3v) is 4.68. The molecule has 2 unspecified atom stereocenters. The first-order valence-corrected chi connectivity index (χ1v) is 8.63. The highest BCUT2D eigenvalue weighted by Crippen LogP contribution is 2.23. The summed E-state index contributed by atoms with van der Waals surface area (Å²) in [5.41, 5.74) is 2.09. The van der Waals surface area contributed by atoms with Crippen LogP contribution in [0.25, 0.3) is 10.6 Å². The summed E-state index contributed by atoms with van der Waals surface area (Å²) < 4.78 is 0. The molecular weight excluding hydrogens is 310 g/mol. The zero-order valence-corrected chi connectivity index (χ0v) is 14.3. The molecule has 23 heavy (non-hydrogen) atoms. The summed E-state index contributed by atoms with van der Waals surface area (Å²) in [6, 6.07) is 9.78. The van der Waals surface area contributed by atoms with Crippen LogP contribution in [0.4, 0.5) is 4.79 Å². The summed E-state index contributed by atoms with van der Waals surface area (Å²) in [6.45, 7) is 4.37. The lowest BCUT2D eigenvalue weighted by Crippen LogP contribution is -2.44. The number of aliphatic hydroxyl groups excluding tert-OH is 1. The number of rotatable bonds is 7. The van der Waals surface area contributed by atoms with Crippen molar-refractivity contribution in [2.24, 2.45) is 5.92 Å². The van der Waals surface area contributed by atoms with Gasteiger partial charge in [-0.25, -0.2) is 9.78 Å². The number of aromatic nitrogens is 1. The summed E-state index contributed by atoms with van der Waals surface area (Å²) in [6.07, 6.45) is 0.695. The Bertz CT molecular complexity index is 615. The standard InChI is InChI=1S/C17H23N3O2S/c1-12(10-21)13(2)19-17(22)18-9-8-15-11-23-16(20-15)14-6-4-3-5-7-14/h3-7,11-13,21H,8-10H2,1-2H3,(H2,18,19,22). The monoisotopic (exact) mass is 333 g/mol. The molecule has 0 fully saturated rings. The normalized spacial score (nSPS) is 13.3. The minimum atomic E-state index is -0.212. The Balaban J connectivity index is 1.77. The number of thiazole rings is 1. The highest BCUT2D eigenvalue weighted by atomic mass is 32.1. The third kappa shape index (κ3) is 5.33. The van der Waals surface area contributed by atoms with Crippen LogP contribution in [-0.4, -0.2) is 35.3 Å². The quantitative estimate of drug-likeness (QED) is 0.729. The second kappa shape index (κ2) is 8.64. The van der Waals surface area contributed by atoms with Gasteiger partial charge in [0.15, 0.2) is 0 Å². The molecule has 2 aromatic rings. The molecule has 0 aliphatic rings. The number of benzene rings is 1. The average molecular weight is 333 g/mol. The summed E-state index contributed by atoms with van der Waals surface area (Å²) in [5.74, 6) is 0.0349. The largest absolute Gasteiger partial charge is 0.396 e. The predicted octanol–water partition coefficient (Wildman–Crippen LogP) is 2.67. The average Bonchev–Trinajstić information content (AvgIpc) is 3.03. The van der Waals surface area contributed by atoms with Gasteiger partial charge in [0.25, 0.3) is 0 Å². The molecule has 124 valence electrons. The van der Waals surface area contributed by atoms with Crippen LogP contribution in [-0.2, 0) is 6.42 Å². The number of hydrogen-bond acceptors (Lipinski definition) is 4. The summed E-state index contributed by atoms with van der Waals surface area (Å²) >= 11 is 1.61. The lowest BCUT2D eigenvalue weighted by atomic mass is 10.1. The molecule has 6 heteroatoms. The van der Waals surface area contributed by atoms with Crippen molar-refractivity contribution < 1.29 is 9.90 Å². The number of carbonyl (C=O) groups excluding carboxylic acids is 1. The van der Waals surface area contributed by atoms with Gasteiger partial charge >= 0.3 is 6.03 Å². The Labute approximate surface area is 140 Å². The molecule has 2 atom stereocenters. The van der Waals surface area contributed by atoms with Gasteiger partial charge < -0.3 is 15.7 Å². The number of nitrogens with one attached hydrogen (secondary N) is 2. The topological polar surface area (TPSA) is 74.2 Å². The number of aliphatic hydroxyl groups is 1. The molecule has 2 rings (SSSR count). The lowest BCUT2D eigenvalue weighted by molar-refractivity contribution is 0.200. The van der Waals surface area contributed by atoms with E-state index < -0.39 is 0 Å². The minimum Gasteiger partial charge on any atom is -0.396 e. The second-order valence-corrected chi connectivity index (χ2v) is 6.47. The van der Waals surface area contributed by atoms with E-state index in [9.17, 15) is 4.79 Å². The maximum absolute atomic E-state index is 11.8. The van der Waals surface area contributed by atoms with Gasteiger partial charge in [-0.3, -0.25) is 0 Å². The van der Waals surface area contributed by atoms with Crippen molar-refractivity contribution in [2.75, 3.05) is 13.2 Å². The summed E-state index contributed by atoms with van der Waals surface area (Å²) in [4.78, 5) is 16.4. The Morgan fingerprint density at radius 2 is 2.04 bits per heavy atom. The first-order valence-electron chi connectivity index (χ1n) is 7.75. The molecule has 5 nitrogen and oxygen atoms in total. The Morgan fingerprint density at radius 3 is 2.74 bits per heavy atom. The lowest BCUT2D eigenvalue weighted by Gasteiger charge is -2.19. The molecule has 0 bridgehead atoms. The highest BCUT2D eigenvalue weighted by Gasteiger charge is 2.13. The summed E-state index contributed by atoms with van der Waals surface area (Å²) in [5, 5.41) is 17.7. The molecular formula is C17H23N3O2S. The van der Waals surface area contributed by atoms with Gasteiger partial charge in [0.2, 0.25) is 0 Å². The molecule has 0 spiro atoms. The van der Waals surface area contributed by atoms with E-state index in [4.69, 9.17) is 5.11 Å². The summed E-state index contributed by atoms with van der Waals surface area (Å²) in [7, 11) is 0. The maximum Gasteiger partial charge on any atom is 0.315 e. The Hall–Kier alpha value is -1.92. The fourth-order valence-corrected chi connectivity index (χ4v) is 2.86. The molecule has 0 aliphatic heterocycles. The number of hydrogen-bond donors (Lipinski definition) is 3. The van der Waals surface area contributed by atoms with E-state index in [1.807, 2.05) is 49.6 Å². The molecule has 0 radical (unpaired) electrons. The Morgan fingerprint density at radius 1 is 1.30 bits per heavy atom. The van der Waals surface area contributed by atoms with Gasteiger partial charge in [0.05, 0.1) is 5.69 Å². The van der Waals surface area contributed by atoms with Crippen molar-refractivity contribution >= 4 is 17.4 Å². The van der Waals surface area contributed by atoms with E-state index in [-0.39, 0.29) is 24.6 Å². The number of carbonyl (C=O) groups is 1. The molecule has 0 aliphatic carbocycles. The van der Waals surface area contributed by atoms with Crippen molar-refractivity contribution in [1.82, 2.24) is 15.6 Å². The third-order valence-electron chi connectivity index (χ3n) is 3.74. The van der Waals surface area contributed by atoms with Crippen LogP contribution in [0.3, 0.4) is 0 Å². The molecule has 1 aromatic carbocycles. The molecule has 0 saturated carbocycles. The van der Waals surface area contributed by atoms with Crippen LogP contribution < -0.4 is 10.6 Å². The zero-order chi connectivity index (χ0) is 16.7. The number of urea groups is 1. The van der Waals surface area contributed by atoms with Crippen molar-refractivity contribution in [3.63, 3.8) is 0 Å². The van der Waals surface area contributed by atoms with E-state index in [1.54, 1.807) is 11.3 Å². The molecule has 1 heterocycles. The fraction of sp³-hybridized carbons (Fsp3) is 0.412.